The number of anilines is 2. The van der Waals surface area contributed by atoms with Crippen molar-refractivity contribution < 1.29 is 19.1 Å². The van der Waals surface area contributed by atoms with Crippen LogP contribution in [0.15, 0.2) is 42.5 Å². The van der Waals surface area contributed by atoms with E-state index in [1.807, 2.05) is 18.2 Å². The predicted octanol–water partition coefficient (Wildman–Crippen LogP) is 4.57. The fourth-order valence-electron chi connectivity index (χ4n) is 4.55. The molecule has 6 nitrogen and oxygen atoms in total. The first-order chi connectivity index (χ1) is 14.9. The molecule has 0 spiro atoms. The van der Waals surface area contributed by atoms with Gasteiger partial charge in [-0.3, -0.25) is 9.59 Å². The third-order valence-corrected chi connectivity index (χ3v) is 6.70. The maximum absolute atomic E-state index is 13.6. The number of amides is 2. The van der Waals surface area contributed by atoms with E-state index in [0.29, 0.717) is 28.5 Å². The zero-order valence-electron chi connectivity index (χ0n) is 17.0. The number of benzene rings is 2. The van der Waals surface area contributed by atoms with E-state index in [4.69, 9.17) is 16.3 Å². The van der Waals surface area contributed by atoms with Gasteiger partial charge >= 0.3 is 5.97 Å². The van der Waals surface area contributed by atoms with Crippen LogP contribution in [0.5, 0.6) is 0 Å². The largest absolute Gasteiger partial charge is 0.465 e. The molecule has 0 aromatic heterocycles. The monoisotopic (exact) mass is 504 g/mol. The molecule has 4 rings (SSSR count). The first-order valence-corrected chi connectivity index (χ1v) is 11.6. The summed E-state index contributed by atoms with van der Waals surface area (Å²) in [5.41, 5.74) is 2.63. The van der Waals surface area contributed by atoms with Crippen LogP contribution < -0.4 is 9.80 Å². The van der Waals surface area contributed by atoms with E-state index < -0.39 is 5.97 Å². The number of carbonyl (C=O) groups is 3. The van der Waals surface area contributed by atoms with Crippen LogP contribution in [0.4, 0.5) is 11.4 Å². The zero-order chi connectivity index (χ0) is 22.1. The molecular formula is C23H22BrClN2O4. The highest BCUT2D eigenvalue weighted by Crippen LogP contribution is 2.44. The predicted molar refractivity (Wildman–Crippen MR) is 123 cm³/mol. The minimum absolute atomic E-state index is 0.00654. The number of alkyl halides is 1. The smallest absolute Gasteiger partial charge is 0.337 e. The first-order valence-electron chi connectivity index (χ1n) is 10.1. The maximum atomic E-state index is 13.6. The van der Waals surface area contributed by atoms with Crippen molar-refractivity contribution in [2.24, 2.45) is 5.92 Å². The third kappa shape index (κ3) is 4.08. The Balaban J connectivity index is 1.77. The SMILES string of the molecule is COC(=O)c1ccc(CN2C(=O)[C@H]3CCC[C@H]3N(C(=O)CBr)c3ccc(Cl)cc32)cc1. The fourth-order valence-corrected chi connectivity index (χ4v) is 4.98. The summed E-state index contributed by atoms with van der Waals surface area (Å²) in [7, 11) is 1.34. The second kappa shape index (κ2) is 9.01. The Morgan fingerprint density at radius 2 is 1.87 bits per heavy atom. The maximum Gasteiger partial charge on any atom is 0.337 e. The topological polar surface area (TPSA) is 66.9 Å². The molecule has 2 aliphatic rings. The summed E-state index contributed by atoms with van der Waals surface area (Å²) >= 11 is 9.59. The molecule has 1 heterocycles. The molecule has 2 atom stereocenters. The van der Waals surface area contributed by atoms with Gasteiger partial charge in [-0.25, -0.2) is 4.79 Å². The Bertz CT molecular complexity index is 1030. The molecule has 31 heavy (non-hydrogen) atoms. The van der Waals surface area contributed by atoms with E-state index in [0.717, 1.165) is 24.8 Å². The lowest BCUT2D eigenvalue weighted by molar-refractivity contribution is -0.122. The van der Waals surface area contributed by atoms with Gasteiger partial charge in [0.2, 0.25) is 11.8 Å². The molecule has 1 aliphatic heterocycles. The van der Waals surface area contributed by atoms with E-state index in [-0.39, 0.29) is 29.1 Å². The van der Waals surface area contributed by atoms with Crippen LogP contribution in [0.2, 0.25) is 5.02 Å². The van der Waals surface area contributed by atoms with Crippen LogP contribution in [-0.4, -0.2) is 36.3 Å². The van der Waals surface area contributed by atoms with E-state index in [1.165, 1.54) is 7.11 Å². The molecule has 2 aromatic rings. The number of rotatable bonds is 4. The number of ether oxygens (including phenoxy) is 1. The highest BCUT2D eigenvalue weighted by molar-refractivity contribution is 9.09. The molecule has 0 unspecified atom stereocenters. The lowest BCUT2D eigenvalue weighted by Gasteiger charge is -2.30. The molecule has 1 saturated carbocycles. The zero-order valence-corrected chi connectivity index (χ0v) is 19.4. The molecule has 162 valence electrons. The van der Waals surface area contributed by atoms with Crippen LogP contribution in [0.3, 0.4) is 0 Å². The highest BCUT2D eigenvalue weighted by atomic mass is 79.9. The van der Waals surface area contributed by atoms with Crippen molar-refractivity contribution in [2.45, 2.75) is 31.8 Å². The van der Waals surface area contributed by atoms with Gasteiger partial charge in [-0.2, -0.15) is 0 Å². The molecule has 0 bridgehead atoms. The van der Waals surface area contributed by atoms with Crippen LogP contribution in [0, 0.1) is 5.92 Å². The number of hydrogen-bond acceptors (Lipinski definition) is 4. The minimum Gasteiger partial charge on any atom is -0.465 e. The summed E-state index contributed by atoms with van der Waals surface area (Å²) in [5.74, 6) is -0.749. The van der Waals surface area contributed by atoms with Gasteiger partial charge in [-0.1, -0.05) is 46.1 Å². The van der Waals surface area contributed by atoms with E-state index in [1.54, 1.807) is 34.1 Å². The van der Waals surface area contributed by atoms with Gasteiger partial charge in [0.15, 0.2) is 0 Å². The van der Waals surface area contributed by atoms with Gasteiger partial charge in [0.1, 0.15) is 0 Å². The Labute approximate surface area is 194 Å². The molecular weight excluding hydrogens is 484 g/mol. The molecule has 1 fully saturated rings. The summed E-state index contributed by atoms with van der Waals surface area (Å²) in [6, 6.07) is 12.1. The van der Waals surface area contributed by atoms with Crippen molar-refractivity contribution in [1.82, 2.24) is 0 Å². The Hall–Kier alpha value is -2.38. The van der Waals surface area contributed by atoms with E-state index >= 15 is 0 Å². The number of carbonyl (C=O) groups excluding carboxylic acids is 3. The van der Waals surface area contributed by atoms with Crippen molar-refractivity contribution in [3.63, 3.8) is 0 Å². The van der Waals surface area contributed by atoms with Gasteiger partial charge < -0.3 is 14.5 Å². The van der Waals surface area contributed by atoms with Crippen molar-refractivity contribution in [1.29, 1.82) is 0 Å². The van der Waals surface area contributed by atoms with Gasteiger partial charge in [0.25, 0.3) is 0 Å². The Kier molecular flexibility index (Phi) is 6.34. The lowest BCUT2D eigenvalue weighted by Crippen LogP contribution is -2.45. The van der Waals surface area contributed by atoms with Crippen molar-refractivity contribution in [3.05, 3.63) is 58.6 Å². The summed E-state index contributed by atoms with van der Waals surface area (Å²) in [5, 5.41) is 0.678. The highest BCUT2D eigenvalue weighted by Gasteiger charge is 2.45. The van der Waals surface area contributed by atoms with Gasteiger partial charge in [-0.05, 0) is 48.7 Å². The second-order valence-corrected chi connectivity index (χ2v) is 8.75. The van der Waals surface area contributed by atoms with Gasteiger partial charge in [0, 0.05) is 11.1 Å². The third-order valence-electron chi connectivity index (χ3n) is 5.98. The number of nitrogens with zero attached hydrogens (tertiary/aromatic N) is 2. The lowest BCUT2D eigenvalue weighted by atomic mass is 10.0. The van der Waals surface area contributed by atoms with Crippen molar-refractivity contribution in [3.8, 4) is 0 Å². The van der Waals surface area contributed by atoms with E-state index in [2.05, 4.69) is 15.9 Å². The average molecular weight is 506 g/mol. The van der Waals surface area contributed by atoms with E-state index in [9.17, 15) is 14.4 Å². The molecule has 8 heteroatoms. The van der Waals surface area contributed by atoms with Gasteiger partial charge in [-0.15, -0.1) is 0 Å². The number of fused-ring (bicyclic) bond motifs is 2. The summed E-state index contributed by atoms with van der Waals surface area (Å²) in [4.78, 5) is 41.7. The van der Waals surface area contributed by atoms with Crippen LogP contribution in [0.25, 0.3) is 0 Å². The van der Waals surface area contributed by atoms with Crippen LogP contribution >= 0.6 is 27.5 Å². The summed E-state index contributed by atoms with van der Waals surface area (Å²) < 4.78 is 4.75. The number of hydrogen-bond donors (Lipinski definition) is 0. The molecule has 2 aromatic carbocycles. The molecule has 2 amide bonds. The van der Waals surface area contributed by atoms with Gasteiger partial charge in [0.05, 0.1) is 41.8 Å². The van der Waals surface area contributed by atoms with Crippen molar-refractivity contribution >= 4 is 56.7 Å². The van der Waals surface area contributed by atoms with Crippen LogP contribution in [0.1, 0.15) is 35.2 Å². The molecule has 1 aliphatic carbocycles. The quantitative estimate of drug-likeness (QED) is 0.451. The molecule has 0 N–H and O–H groups in total. The van der Waals surface area contributed by atoms with Crippen molar-refractivity contribution in [2.75, 3.05) is 22.2 Å². The number of esters is 1. The normalized spacial score (nSPS) is 20.2. The minimum atomic E-state index is -0.410. The Morgan fingerprint density at radius 1 is 1.13 bits per heavy atom. The number of methoxy groups -OCH3 is 1. The average Bonchev–Trinajstić information content (AvgIpc) is 3.24. The Morgan fingerprint density at radius 3 is 2.55 bits per heavy atom. The summed E-state index contributed by atoms with van der Waals surface area (Å²) in [6.45, 7) is 0.313. The summed E-state index contributed by atoms with van der Waals surface area (Å²) in [6.07, 6.45) is 2.44. The molecule has 0 radical (unpaired) electrons. The fraction of sp³-hybridized carbons (Fsp3) is 0.348. The second-order valence-electron chi connectivity index (χ2n) is 7.75. The standard InChI is InChI=1S/C23H22BrClN2O4/c1-31-23(30)15-7-5-14(6-8-15)13-26-20-11-16(25)9-10-19(20)27(21(28)12-24)18-4-2-3-17(18)22(26)29/h5-11,17-18H,2-4,12-13H2,1H3/t17-,18+/m0/s1. The molecule has 0 saturated heterocycles. The number of halogens is 2. The van der Waals surface area contributed by atoms with Crippen LogP contribution in [-0.2, 0) is 20.9 Å². The first kappa shape index (κ1) is 21.8.